The standard InChI is InChI=1S/C23H28N4O2/c1-2-3-15-29-16-7-14-25-23(28)19(17-24)18-26-20-10-12-22(13-11-20)27-21-8-5-4-6-9-21/h4-6,8-13,18,26-27H,2-3,7,14-16H2,1H3,(H,25,28)/b19-18-. The van der Waals surface area contributed by atoms with E-state index in [1.807, 2.05) is 60.7 Å². The Kier molecular flexibility index (Phi) is 9.84. The van der Waals surface area contributed by atoms with Crippen molar-refractivity contribution in [1.29, 1.82) is 5.26 Å². The normalized spacial score (nSPS) is 10.8. The van der Waals surface area contributed by atoms with Gasteiger partial charge in [-0.3, -0.25) is 4.79 Å². The van der Waals surface area contributed by atoms with Gasteiger partial charge in [0.1, 0.15) is 11.6 Å². The molecule has 29 heavy (non-hydrogen) atoms. The lowest BCUT2D eigenvalue weighted by Crippen LogP contribution is -2.26. The van der Waals surface area contributed by atoms with Crippen LogP contribution in [0.1, 0.15) is 26.2 Å². The Morgan fingerprint density at radius 3 is 2.34 bits per heavy atom. The van der Waals surface area contributed by atoms with Crippen LogP contribution in [0.15, 0.2) is 66.4 Å². The van der Waals surface area contributed by atoms with E-state index in [-0.39, 0.29) is 5.57 Å². The van der Waals surface area contributed by atoms with Crippen LogP contribution >= 0.6 is 0 Å². The third-order valence-electron chi connectivity index (χ3n) is 4.09. The van der Waals surface area contributed by atoms with E-state index in [0.29, 0.717) is 13.2 Å². The fourth-order valence-corrected chi connectivity index (χ4v) is 2.46. The number of para-hydroxylation sites is 1. The molecule has 1 amide bonds. The maximum atomic E-state index is 12.1. The Bertz CT molecular complexity index is 811. The lowest BCUT2D eigenvalue weighted by molar-refractivity contribution is -0.117. The van der Waals surface area contributed by atoms with Crippen molar-refractivity contribution in [2.75, 3.05) is 30.4 Å². The molecule has 0 bridgehead atoms. The number of carbonyl (C=O) groups excluding carboxylic acids is 1. The van der Waals surface area contributed by atoms with Crippen LogP contribution in [0.5, 0.6) is 0 Å². The summed E-state index contributed by atoms with van der Waals surface area (Å²) in [6.07, 6.45) is 4.29. The summed E-state index contributed by atoms with van der Waals surface area (Å²) >= 11 is 0. The van der Waals surface area contributed by atoms with Crippen molar-refractivity contribution in [2.45, 2.75) is 26.2 Å². The summed E-state index contributed by atoms with van der Waals surface area (Å²) in [5.74, 6) is -0.393. The minimum atomic E-state index is -0.393. The third kappa shape index (κ3) is 8.50. The Hall–Kier alpha value is -3.30. The van der Waals surface area contributed by atoms with Crippen molar-refractivity contribution in [3.8, 4) is 6.07 Å². The van der Waals surface area contributed by atoms with Crippen LogP contribution in [-0.2, 0) is 9.53 Å². The number of hydrogen-bond donors (Lipinski definition) is 3. The molecule has 152 valence electrons. The van der Waals surface area contributed by atoms with Gasteiger partial charge in [0.05, 0.1) is 0 Å². The number of nitrogens with zero attached hydrogens (tertiary/aromatic N) is 1. The van der Waals surface area contributed by atoms with Gasteiger partial charge in [0.2, 0.25) is 0 Å². The van der Waals surface area contributed by atoms with E-state index < -0.39 is 5.91 Å². The largest absolute Gasteiger partial charge is 0.381 e. The highest BCUT2D eigenvalue weighted by Gasteiger charge is 2.07. The highest BCUT2D eigenvalue weighted by Crippen LogP contribution is 2.18. The second-order valence-electron chi connectivity index (χ2n) is 6.46. The van der Waals surface area contributed by atoms with Crippen molar-refractivity contribution in [3.05, 3.63) is 66.4 Å². The SMILES string of the molecule is CCCCOCCCNC(=O)/C(C#N)=C\Nc1ccc(Nc2ccccc2)cc1. The van der Waals surface area contributed by atoms with Crippen molar-refractivity contribution >= 4 is 23.0 Å². The summed E-state index contributed by atoms with van der Waals surface area (Å²) in [5, 5.41) is 18.3. The third-order valence-corrected chi connectivity index (χ3v) is 4.09. The molecule has 0 fully saturated rings. The maximum Gasteiger partial charge on any atom is 0.263 e. The quantitative estimate of drug-likeness (QED) is 0.280. The summed E-state index contributed by atoms with van der Waals surface area (Å²) in [6, 6.07) is 19.4. The molecule has 6 heteroatoms. The number of unbranched alkanes of at least 4 members (excludes halogenated alkanes) is 1. The van der Waals surface area contributed by atoms with Crippen LogP contribution in [0, 0.1) is 11.3 Å². The molecule has 0 saturated carbocycles. The van der Waals surface area contributed by atoms with Crippen LogP contribution in [0.4, 0.5) is 17.1 Å². The lowest BCUT2D eigenvalue weighted by atomic mass is 10.2. The first-order valence-electron chi connectivity index (χ1n) is 9.88. The second-order valence-corrected chi connectivity index (χ2v) is 6.46. The smallest absolute Gasteiger partial charge is 0.263 e. The summed E-state index contributed by atoms with van der Waals surface area (Å²) in [5.41, 5.74) is 2.77. The van der Waals surface area contributed by atoms with Gasteiger partial charge < -0.3 is 20.7 Å². The molecule has 0 radical (unpaired) electrons. The molecule has 2 aromatic carbocycles. The molecule has 6 nitrogen and oxygen atoms in total. The highest BCUT2D eigenvalue weighted by atomic mass is 16.5. The number of amides is 1. The monoisotopic (exact) mass is 392 g/mol. The Morgan fingerprint density at radius 1 is 1.00 bits per heavy atom. The van der Waals surface area contributed by atoms with Crippen molar-refractivity contribution in [1.82, 2.24) is 5.32 Å². The predicted octanol–water partition coefficient (Wildman–Crippen LogP) is 4.57. The second kappa shape index (κ2) is 13.0. The molecule has 0 aliphatic heterocycles. The van der Waals surface area contributed by atoms with E-state index in [4.69, 9.17) is 4.74 Å². The molecular formula is C23H28N4O2. The number of hydrogen-bond acceptors (Lipinski definition) is 5. The zero-order valence-electron chi connectivity index (χ0n) is 16.8. The predicted molar refractivity (Wildman–Crippen MR) is 117 cm³/mol. The van der Waals surface area contributed by atoms with Crippen LogP contribution < -0.4 is 16.0 Å². The van der Waals surface area contributed by atoms with Gasteiger partial charge in [-0.1, -0.05) is 31.5 Å². The molecule has 0 unspecified atom stereocenters. The summed E-state index contributed by atoms with van der Waals surface area (Å²) < 4.78 is 5.45. The minimum absolute atomic E-state index is 0.0309. The number of nitrogens with one attached hydrogen (secondary N) is 3. The molecular weight excluding hydrogens is 364 g/mol. The summed E-state index contributed by atoms with van der Waals surface area (Å²) in [7, 11) is 0. The molecule has 0 saturated heterocycles. The van der Waals surface area contributed by atoms with Crippen LogP contribution in [-0.4, -0.2) is 25.7 Å². The van der Waals surface area contributed by atoms with E-state index in [0.717, 1.165) is 42.9 Å². The molecule has 0 aliphatic rings. The number of carbonyl (C=O) groups is 1. The number of rotatable bonds is 12. The van der Waals surface area contributed by atoms with E-state index in [9.17, 15) is 10.1 Å². The minimum Gasteiger partial charge on any atom is -0.381 e. The van der Waals surface area contributed by atoms with Gasteiger partial charge in [-0.15, -0.1) is 0 Å². The molecule has 0 aliphatic carbocycles. The van der Waals surface area contributed by atoms with Gasteiger partial charge in [0.15, 0.2) is 0 Å². The first kappa shape index (κ1) is 22.0. The van der Waals surface area contributed by atoms with Gasteiger partial charge in [-0.05, 0) is 49.2 Å². The number of ether oxygens (including phenoxy) is 1. The van der Waals surface area contributed by atoms with Gasteiger partial charge in [0.25, 0.3) is 5.91 Å². The van der Waals surface area contributed by atoms with E-state index >= 15 is 0 Å². The molecule has 0 heterocycles. The van der Waals surface area contributed by atoms with Gasteiger partial charge in [0, 0.05) is 43.0 Å². The number of anilines is 3. The molecule has 0 aromatic heterocycles. The molecule has 0 atom stereocenters. The average molecular weight is 393 g/mol. The number of nitriles is 1. The van der Waals surface area contributed by atoms with Gasteiger partial charge >= 0.3 is 0 Å². The summed E-state index contributed by atoms with van der Waals surface area (Å²) in [6.45, 7) is 3.94. The van der Waals surface area contributed by atoms with Crippen molar-refractivity contribution in [3.63, 3.8) is 0 Å². The molecule has 0 spiro atoms. The average Bonchev–Trinajstić information content (AvgIpc) is 2.75. The Labute approximate surface area is 172 Å². The Morgan fingerprint density at radius 2 is 1.66 bits per heavy atom. The first-order valence-corrected chi connectivity index (χ1v) is 9.88. The summed E-state index contributed by atoms with van der Waals surface area (Å²) in [4.78, 5) is 12.1. The van der Waals surface area contributed by atoms with E-state index in [1.165, 1.54) is 6.20 Å². The number of benzene rings is 2. The van der Waals surface area contributed by atoms with Gasteiger partial charge in [-0.25, -0.2) is 0 Å². The Balaban J connectivity index is 1.77. The first-order chi connectivity index (χ1) is 14.2. The topological polar surface area (TPSA) is 86.2 Å². The lowest BCUT2D eigenvalue weighted by Gasteiger charge is -2.08. The van der Waals surface area contributed by atoms with Crippen LogP contribution in [0.3, 0.4) is 0 Å². The van der Waals surface area contributed by atoms with Crippen LogP contribution in [0.2, 0.25) is 0 Å². The zero-order chi connectivity index (χ0) is 20.7. The van der Waals surface area contributed by atoms with E-state index in [2.05, 4.69) is 22.9 Å². The highest BCUT2D eigenvalue weighted by molar-refractivity contribution is 5.97. The van der Waals surface area contributed by atoms with Gasteiger partial charge in [-0.2, -0.15) is 5.26 Å². The van der Waals surface area contributed by atoms with E-state index in [1.54, 1.807) is 0 Å². The molecule has 3 N–H and O–H groups in total. The van der Waals surface area contributed by atoms with Crippen LogP contribution in [0.25, 0.3) is 0 Å². The van der Waals surface area contributed by atoms with Crippen molar-refractivity contribution in [2.24, 2.45) is 0 Å². The molecule has 2 aromatic rings. The fraction of sp³-hybridized carbons (Fsp3) is 0.304. The fourth-order valence-electron chi connectivity index (χ4n) is 2.46. The molecule has 2 rings (SSSR count). The maximum absolute atomic E-state index is 12.1. The zero-order valence-corrected chi connectivity index (χ0v) is 16.8. The van der Waals surface area contributed by atoms with Crippen molar-refractivity contribution < 1.29 is 9.53 Å².